The first kappa shape index (κ1) is 17.6. The molecule has 2 aromatic heterocycles. The molecule has 0 bridgehead atoms. The number of pyridine rings is 1. The number of hydrogen-bond acceptors (Lipinski definition) is 4. The minimum Gasteiger partial charge on any atom is -0.337 e. The highest BCUT2D eigenvalue weighted by Gasteiger charge is 2.29. The van der Waals surface area contributed by atoms with Gasteiger partial charge in [0.1, 0.15) is 17.8 Å². The summed E-state index contributed by atoms with van der Waals surface area (Å²) >= 11 is 0. The molecule has 0 spiro atoms. The largest absolute Gasteiger partial charge is 0.337 e. The zero-order chi connectivity index (χ0) is 19.6. The summed E-state index contributed by atoms with van der Waals surface area (Å²) in [6.07, 6.45) is 5.22. The third kappa shape index (κ3) is 3.38. The van der Waals surface area contributed by atoms with E-state index < -0.39 is 0 Å². The van der Waals surface area contributed by atoms with Crippen LogP contribution in [0.3, 0.4) is 0 Å². The topological polar surface area (TPSA) is 63.9 Å². The standard InChI is InChI=1S/C23H21N5O/c29-23(22-20-9-5-4-6-18(20)10-12-24-22)27-13-11-17(15-27)14-21-26-25-16-28(21)19-7-2-1-3-8-19/h1-10,12,16-17H,11,13-15H2. The van der Waals surface area contributed by atoms with Gasteiger partial charge in [-0.3, -0.25) is 14.3 Å². The van der Waals surface area contributed by atoms with Crippen LogP contribution in [0.15, 0.2) is 73.2 Å². The van der Waals surface area contributed by atoms with Crippen molar-refractivity contribution in [1.29, 1.82) is 0 Å². The van der Waals surface area contributed by atoms with Gasteiger partial charge in [-0.05, 0) is 35.9 Å². The summed E-state index contributed by atoms with van der Waals surface area (Å²) in [7, 11) is 0. The predicted octanol–water partition coefficient (Wildman–Crippen LogP) is 3.52. The van der Waals surface area contributed by atoms with Crippen molar-refractivity contribution in [3.8, 4) is 5.69 Å². The predicted molar refractivity (Wildman–Crippen MR) is 111 cm³/mol. The van der Waals surface area contributed by atoms with Gasteiger partial charge in [0.15, 0.2) is 0 Å². The molecule has 0 radical (unpaired) electrons. The Kier molecular flexibility index (Phi) is 4.52. The van der Waals surface area contributed by atoms with E-state index in [1.807, 2.05) is 70.1 Å². The number of amides is 1. The number of aromatic nitrogens is 4. The smallest absolute Gasteiger partial charge is 0.273 e. The Morgan fingerprint density at radius 1 is 1.03 bits per heavy atom. The van der Waals surface area contributed by atoms with Gasteiger partial charge in [-0.25, -0.2) is 0 Å². The lowest BCUT2D eigenvalue weighted by atomic mass is 10.0. The molecular weight excluding hydrogens is 362 g/mol. The molecule has 1 unspecified atom stereocenters. The molecule has 4 aromatic rings. The first-order chi connectivity index (χ1) is 14.3. The summed E-state index contributed by atoms with van der Waals surface area (Å²) in [5.74, 6) is 1.30. The van der Waals surface area contributed by atoms with Crippen molar-refractivity contribution >= 4 is 16.7 Å². The molecule has 1 saturated heterocycles. The number of para-hydroxylation sites is 1. The van der Waals surface area contributed by atoms with E-state index in [-0.39, 0.29) is 5.91 Å². The third-order valence-corrected chi connectivity index (χ3v) is 5.57. The maximum atomic E-state index is 13.1. The van der Waals surface area contributed by atoms with Crippen LogP contribution >= 0.6 is 0 Å². The van der Waals surface area contributed by atoms with E-state index in [1.165, 1.54) is 0 Å². The van der Waals surface area contributed by atoms with E-state index in [0.717, 1.165) is 41.7 Å². The van der Waals surface area contributed by atoms with Crippen molar-refractivity contribution in [2.24, 2.45) is 5.92 Å². The zero-order valence-corrected chi connectivity index (χ0v) is 16.0. The highest BCUT2D eigenvalue weighted by atomic mass is 16.2. The quantitative estimate of drug-likeness (QED) is 0.541. The van der Waals surface area contributed by atoms with Crippen LogP contribution in [0.25, 0.3) is 16.5 Å². The highest BCUT2D eigenvalue weighted by molar-refractivity contribution is 6.05. The Morgan fingerprint density at radius 2 is 1.86 bits per heavy atom. The third-order valence-electron chi connectivity index (χ3n) is 5.57. The van der Waals surface area contributed by atoms with Gasteiger partial charge in [0.05, 0.1) is 0 Å². The fourth-order valence-electron chi connectivity index (χ4n) is 4.08. The maximum Gasteiger partial charge on any atom is 0.273 e. The lowest BCUT2D eigenvalue weighted by molar-refractivity contribution is 0.0783. The molecule has 1 aliphatic rings. The maximum absolute atomic E-state index is 13.1. The summed E-state index contributed by atoms with van der Waals surface area (Å²) in [5.41, 5.74) is 1.59. The summed E-state index contributed by atoms with van der Waals surface area (Å²) in [6, 6.07) is 19.9. The van der Waals surface area contributed by atoms with Gasteiger partial charge in [0.2, 0.25) is 0 Å². The summed E-state index contributed by atoms with van der Waals surface area (Å²) in [5, 5.41) is 10.4. The van der Waals surface area contributed by atoms with E-state index in [2.05, 4.69) is 15.2 Å². The zero-order valence-electron chi connectivity index (χ0n) is 16.0. The molecule has 3 heterocycles. The Hall–Kier alpha value is -3.54. The lowest BCUT2D eigenvalue weighted by Gasteiger charge is -2.17. The minimum absolute atomic E-state index is 0.00817. The first-order valence-corrected chi connectivity index (χ1v) is 9.87. The highest BCUT2D eigenvalue weighted by Crippen LogP contribution is 2.25. The second-order valence-electron chi connectivity index (χ2n) is 7.44. The van der Waals surface area contributed by atoms with Gasteiger partial charge in [0, 0.05) is 36.8 Å². The number of hydrogen-bond donors (Lipinski definition) is 0. The number of benzene rings is 2. The van der Waals surface area contributed by atoms with Crippen LogP contribution in [0.2, 0.25) is 0 Å². The van der Waals surface area contributed by atoms with Crippen LogP contribution in [0.1, 0.15) is 22.7 Å². The van der Waals surface area contributed by atoms with Crippen molar-refractivity contribution in [2.45, 2.75) is 12.8 Å². The number of rotatable bonds is 4. The van der Waals surface area contributed by atoms with Crippen molar-refractivity contribution in [3.63, 3.8) is 0 Å². The number of carbonyl (C=O) groups excluding carboxylic acids is 1. The van der Waals surface area contributed by atoms with Crippen molar-refractivity contribution in [3.05, 3.63) is 84.7 Å². The normalized spacial score (nSPS) is 16.4. The van der Waals surface area contributed by atoms with Crippen molar-refractivity contribution in [1.82, 2.24) is 24.6 Å². The van der Waals surface area contributed by atoms with Crippen LogP contribution in [0.5, 0.6) is 0 Å². The van der Waals surface area contributed by atoms with Gasteiger partial charge >= 0.3 is 0 Å². The van der Waals surface area contributed by atoms with Crippen LogP contribution in [0.4, 0.5) is 0 Å². The van der Waals surface area contributed by atoms with Gasteiger partial charge in [0.25, 0.3) is 5.91 Å². The average Bonchev–Trinajstić information content (AvgIpc) is 3.43. The molecule has 2 aromatic carbocycles. The Labute approximate surface area is 168 Å². The molecule has 5 rings (SSSR count). The van der Waals surface area contributed by atoms with Gasteiger partial charge < -0.3 is 4.90 Å². The fourth-order valence-corrected chi connectivity index (χ4v) is 4.08. The second-order valence-corrected chi connectivity index (χ2v) is 7.44. The SMILES string of the molecule is O=C(c1nccc2ccccc12)N1CCC(Cc2nncn2-c2ccccc2)C1. The van der Waals surface area contributed by atoms with E-state index in [9.17, 15) is 4.79 Å². The molecule has 29 heavy (non-hydrogen) atoms. The Bertz CT molecular complexity index is 1150. The molecule has 0 N–H and O–H groups in total. The molecule has 0 aliphatic carbocycles. The number of fused-ring (bicyclic) bond motifs is 1. The first-order valence-electron chi connectivity index (χ1n) is 9.87. The van der Waals surface area contributed by atoms with Crippen LogP contribution in [-0.4, -0.2) is 43.6 Å². The van der Waals surface area contributed by atoms with E-state index in [0.29, 0.717) is 18.2 Å². The van der Waals surface area contributed by atoms with E-state index >= 15 is 0 Å². The van der Waals surface area contributed by atoms with E-state index in [1.54, 1.807) is 12.5 Å². The van der Waals surface area contributed by atoms with Gasteiger partial charge in [-0.2, -0.15) is 0 Å². The van der Waals surface area contributed by atoms with E-state index in [4.69, 9.17) is 0 Å². The average molecular weight is 383 g/mol. The lowest BCUT2D eigenvalue weighted by Crippen LogP contribution is -2.30. The molecule has 1 aliphatic heterocycles. The molecule has 6 nitrogen and oxygen atoms in total. The molecule has 144 valence electrons. The Balaban J connectivity index is 1.32. The number of carbonyl (C=O) groups is 1. The second kappa shape index (κ2) is 7.47. The summed E-state index contributed by atoms with van der Waals surface area (Å²) in [4.78, 5) is 19.4. The molecule has 0 saturated carbocycles. The fraction of sp³-hybridized carbons (Fsp3) is 0.217. The molecule has 6 heteroatoms. The number of nitrogens with zero attached hydrogens (tertiary/aromatic N) is 5. The number of likely N-dealkylation sites (tertiary alicyclic amines) is 1. The van der Waals surface area contributed by atoms with Crippen LogP contribution in [-0.2, 0) is 6.42 Å². The van der Waals surface area contributed by atoms with Crippen molar-refractivity contribution in [2.75, 3.05) is 13.1 Å². The summed E-state index contributed by atoms with van der Waals surface area (Å²) in [6.45, 7) is 1.46. The van der Waals surface area contributed by atoms with Gasteiger partial charge in [-0.15, -0.1) is 10.2 Å². The monoisotopic (exact) mass is 383 g/mol. The molecule has 1 fully saturated rings. The summed E-state index contributed by atoms with van der Waals surface area (Å²) < 4.78 is 2.02. The van der Waals surface area contributed by atoms with Crippen LogP contribution < -0.4 is 0 Å². The Morgan fingerprint density at radius 3 is 2.76 bits per heavy atom. The minimum atomic E-state index is 0.00817. The van der Waals surface area contributed by atoms with Crippen LogP contribution in [0, 0.1) is 5.92 Å². The van der Waals surface area contributed by atoms with Crippen molar-refractivity contribution < 1.29 is 4.79 Å². The molecule has 1 atom stereocenters. The molecule has 1 amide bonds. The molecular formula is C23H21N5O. The van der Waals surface area contributed by atoms with Gasteiger partial charge in [-0.1, -0.05) is 42.5 Å².